The molecule has 0 saturated carbocycles. The number of hydrogen-bond acceptors (Lipinski definition) is 4. The Hall–Kier alpha value is -2.22. The lowest BCUT2D eigenvalue weighted by molar-refractivity contribution is -0.154. The summed E-state index contributed by atoms with van der Waals surface area (Å²) in [6, 6.07) is 16.4. The van der Waals surface area contributed by atoms with Gasteiger partial charge in [-0.15, -0.1) is 0 Å². The minimum Gasteiger partial charge on any atom is -0.380 e. The van der Waals surface area contributed by atoms with Crippen molar-refractivity contribution in [2.75, 3.05) is 6.54 Å². The number of aliphatic hydroxyl groups excluding tert-OH is 2. The van der Waals surface area contributed by atoms with E-state index in [1.54, 1.807) is 11.8 Å². The molecule has 4 unspecified atom stereocenters. The molecular formula is C22H25BrN2O4. The third-order valence-corrected chi connectivity index (χ3v) is 5.80. The first-order valence-corrected chi connectivity index (χ1v) is 10.4. The van der Waals surface area contributed by atoms with Gasteiger partial charge in [0.2, 0.25) is 0 Å². The Morgan fingerprint density at radius 3 is 2.38 bits per heavy atom. The summed E-state index contributed by atoms with van der Waals surface area (Å²) >= 11 is 3.35. The summed E-state index contributed by atoms with van der Waals surface area (Å²) in [5, 5.41) is 23.3. The lowest BCUT2D eigenvalue weighted by atomic mass is 10.0. The first-order chi connectivity index (χ1) is 13.9. The molecule has 29 heavy (non-hydrogen) atoms. The van der Waals surface area contributed by atoms with Gasteiger partial charge >= 0.3 is 0 Å². The second-order valence-electron chi connectivity index (χ2n) is 7.27. The van der Waals surface area contributed by atoms with Gasteiger partial charge in [0.25, 0.3) is 11.8 Å². The summed E-state index contributed by atoms with van der Waals surface area (Å²) in [4.78, 5) is 26.8. The van der Waals surface area contributed by atoms with Crippen molar-refractivity contribution < 1.29 is 19.8 Å². The molecule has 154 valence electrons. The van der Waals surface area contributed by atoms with Crippen molar-refractivity contribution in [3.8, 4) is 0 Å². The minimum absolute atomic E-state index is 0.157. The van der Waals surface area contributed by atoms with E-state index in [1.165, 1.54) is 0 Å². The predicted molar refractivity (Wildman–Crippen MR) is 113 cm³/mol. The summed E-state index contributed by atoms with van der Waals surface area (Å²) in [5.74, 6) is -1.41. The van der Waals surface area contributed by atoms with Crippen LogP contribution in [0.3, 0.4) is 0 Å². The molecule has 7 heteroatoms. The van der Waals surface area contributed by atoms with E-state index in [2.05, 4.69) is 21.2 Å². The van der Waals surface area contributed by atoms with Gasteiger partial charge < -0.3 is 20.4 Å². The number of carbonyl (C=O) groups is 2. The van der Waals surface area contributed by atoms with Crippen LogP contribution >= 0.6 is 15.9 Å². The average molecular weight is 461 g/mol. The predicted octanol–water partition coefficient (Wildman–Crippen LogP) is 2.71. The van der Waals surface area contributed by atoms with Crippen molar-refractivity contribution in [3.63, 3.8) is 0 Å². The molecular weight excluding hydrogens is 436 g/mol. The van der Waals surface area contributed by atoms with E-state index < -0.39 is 24.0 Å². The molecule has 1 aliphatic heterocycles. The lowest BCUT2D eigenvalue weighted by Gasteiger charge is -2.29. The summed E-state index contributed by atoms with van der Waals surface area (Å²) in [5.41, 5.74) is 1.83. The molecule has 3 rings (SSSR count). The fraction of sp³-hybridized carbons (Fsp3) is 0.364. The number of aliphatic hydroxyl groups is 2. The van der Waals surface area contributed by atoms with Gasteiger partial charge in [0.05, 0.1) is 12.1 Å². The van der Waals surface area contributed by atoms with E-state index in [9.17, 15) is 19.8 Å². The number of nitrogens with one attached hydrogen (secondary N) is 1. The van der Waals surface area contributed by atoms with Crippen LogP contribution in [0.4, 0.5) is 0 Å². The van der Waals surface area contributed by atoms with Crippen molar-refractivity contribution in [2.24, 2.45) is 0 Å². The van der Waals surface area contributed by atoms with E-state index >= 15 is 0 Å². The zero-order chi connectivity index (χ0) is 21.0. The Bertz CT molecular complexity index is 844. The number of amides is 2. The number of halogens is 1. The van der Waals surface area contributed by atoms with Crippen LogP contribution in [-0.2, 0) is 9.59 Å². The van der Waals surface area contributed by atoms with E-state index in [-0.39, 0.29) is 12.1 Å². The number of benzene rings is 2. The molecule has 0 radical (unpaired) electrons. The molecule has 6 nitrogen and oxygen atoms in total. The molecule has 4 atom stereocenters. The zero-order valence-electron chi connectivity index (χ0n) is 16.2. The molecule has 0 bridgehead atoms. The molecule has 0 aliphatic carbocycles. The fourth-order valence-electron chi connectivity index (χ4n) is 3.63. The molecule has 2 aromatic rings. The molecule has 1 fully saturated rings. The largest absolute Gasteiger partial charge is 0.380 e. The Balaban J connectivity index is 1.63. The Kier molecular flexibility index (Phi) is 7.05. The summed E-state index contributed by atoms with van der Waals surface area (Å²) in [6.45, 7) is 2.26. The van der Waals surface area contributed by atoms with Gasteiger partial charge in [-0.2, -0.15) is 0 Å². The van der Waals surface area contributed by atoms with Crippen LogP contribution in [0.5, 0.6) is 0 Å². The number of hydrogen-bond donors (Lipinski definition) is 3. The number of likely N-dealkylation sites (tertiary alicyclic amines) is 1. The van der Waals surface area contributed by atoms with Gasteiger partial charge in [0.15, 0.2) is 12.2 Å². The van der Waals surface area contributed by atoms with E-state index in [0.29, 0.717) is 6.54 Å². The number of nitrogens with zero attached hydrogens (tertiary/aromatic N) is 1. The standard InChI is InChI=1S/C22H25BrN2O4/c1-14(15-9-11-17(23)12-10-15)24-21(28)19(26)20(27)22(29)25-13-5-8-18(25)16-6-3-2-4-7-16/h2-4,6-7,9-12,14,18-20,26-27H,5,8,13H2,1H3,(H,24,28). The van der Waals surface area contributed by atoms with Gasteiger partial charge in [-0.05, 0) is 43.0 Å². The smallest absolute Gasteiger partial charge is 0.255 e. The maximum Gasteiger partial charge on any atom is 0.255 e. The van der Waals surface area contributed by atoms with Gasteiger partial charge in [-0.3, -0.25) is 9.59 Å². The van der Waals surface area contributed by atoms with E-state index in [4.69, 9.17) is 0 Å². The zero-order valence-corrected chi connectivity index (χ0v) is 17.7. The molecule has 0 spiro atoms. The monoisotopic (exact) mass is 460 g/mol. The highest BCUT2D eigenvalue weighted by atomic mass is 79.9. The highest BCUT2D eigenvalue weighted by Crippen LogP contribution is 2.32. The number of rotatable bonds is 6. The van der Waals surface area contributed by atoms with Crippen molar-refractivity contribution in [1.29, 1.82) is 0 Å². The molecule has 1 saturated heterocycles. The molecule has 1 aliphatic rings. The molecule has 2 aromatic carbocycles. The highest BCUT2D eigenvalue weighted by molar-refractivity contribution is 9.10. The van der Waals surface area contributed by atoms with Gasteiger partial charge in [0, 0.05) is 11.0 Å². The van der Waals surface area contributed by atoms with Gasteiger partial charge in [0.1, 0.15) is 0 Å². The molecule has 2 amide bonds. The summed E-state index contributed by atoms with van der Waals surface area (Å²) in [7, 11) is 0. The third-order valence-electron chi connectivity index (χ3n) is 5.27. The van der Waals surface area contributed by atoms with Crippen LogP contribution in [0.25, 0.3) is 0 Å². The quantitative estimate of drug-likeness (QED) is 0.617. The van der Waals surface area contributed by atoms with Crippen LogP contribution in [0.15, 0.2) is 59.1 Å². The SMILES string of the molecule is CC(NC(=O)C(O)C(O)C(=O)N1CCCC1c1ccccc1)c1ccc(Br)cc1. The van der Waals surface area contributed by atoms with Gasteiger partial charge in [-0.1, -0.05) is 58.4 Å². The average Bonchev–Trinajstić information content (AvgIpc) is 3.23. The normalized spacial score (nSPS) is 19.4. The van der Waals surface area contributed by atoms with Crippen molar-refractivity contribution in [1.82, 2.24) is 10.2 Å². The Morgan fingerprint density at radius 2 is 1.72 bits per heavy atom. The fourth-order valence-corrected chi connectivity index (χ4v) is 3.90. The maximum absolute atomic E-state index is 12.8. The van der Waals surface area contributed by atoms with Crippen LogP contribution in [-0.4, -0.2) is 45.7 Å². The van der Waals surface area contributed by atoms with E-state index in [0.717, 1.165) is 28.4 Å². The topological polar surface area (TPSA) is 89.9 Å². The van der Waals surface area contributed by atoms with Crippen molar-refractivity contribution >= 4 is 27.7 Å². The van der Waals surface area contributed by atoms with Crippen LogP contribution in [0.1, 0.15) is 43.0 Å². The van der Waals surface area contributed by atoms with Crippen LogP contribution in [0.2, 0.25) is 0 Å². The maximum atomic E-state index is 12.8. The highest BCUT2D eigenvalue weighted by Gasteiger charge is 2.38. The van der Waals surface area contributed by atoms with Gasteiger partial charge in [-0.25, -0.2) is 0 Å². The first-order valence-electron chi connectivity index (χ1n) is 9.66. The molecule has 1 heterocycles. The lowest BCUT2D eigenvalue weighted by Crippen LogP contribution is -2.50. The van der Waals surface area contributed by atoms with Crippen LogP contribution < -0.4 is 5.32 Å². The number of carbonyl (C=O) groups excluding carboxylic acids is 2. The Morgan fingerprint density at radius 1 is 1.07 bits per heavy atom. The first kappa shape index (κ1) is 21.5. The molecule has 0 aromatic heterocycles. The van der Waals surface area contributed by atoms with Crippen molar-refractivity contribution in [3.05, 3.63) is 70.2 Å². The second-order valence-corrected chi connectivity index (χ2v) is 8.19. The Labute approximate surface area is 178 Å². The second kappa shape index (κ2) is 9.52. The van der Waals surface area contributed by atoms with E-state index in [1.807, 2.05) is 54.6 Å². The molecule has 3 N–H and O–H groups in total. The van der Waals surface area contributed by atoms with Crippen LogP contribution in [0, 0.1) is 0 Å². The third kappa shape index (κ3) is 5.04. The summed E-state index contributed by atoms with van der Waals surface area (Å²) in [6.07, 6.45) is -2.06. The van der Waals surface area contributed by atoms with Crippen molar-refractivity contribution in [2.45, 2.75) is 44.1 Å². The minimum atomic E-state index is -1.84. The summed E-state index contributed by atoms with van der Waals surface area (Å²) < 4.78 is 0.916.